The van der Waals surface area contributed by atoms with E-state index in [0.29, 0.717) is 39.1 Å². The fourth-order valence-electron chi connectivity index (χ4n) is 3.03. The molecule has 6 nitrogen and oxygen atoms in total. The van der Waals surface area contributed by atoms with Gasteiger partial charge in [-0.1, -0.05) is 31.5 Å². The Labute approximate surface area is 162 Å². The van der Waals surface area contributed by atoms with Gasteiger partial charge >= 0.3 is 6.09 Å². The van der Waals surface area contributed by atoms with Gasteiger partial charge in [-0.25, -0.2) is 4.79 Å². The van der Waals surface area contributed by atoms with Crippen LogP contribution in [0.2, 0.25) is 0 Å². The SMILES string of the molecule is CCCCOC(=O)N1CCC(NC(=O)CCCOc2ccccc2C)CC1. The lowest BCUT2D eigenvalue weighted by Crippen LogP contribution is -2.46. The van der Waals surface area contributed by atoms with Gasteiger partial charge in [0.25, 0.3) is 0 Å². The van der Waals surface area contributed by atoms with Crippen LogP contribution in [0.5, 0.6) is 5.75 Å². The zero-order valence-electron chi connectivity index (χ0n) is 16.5. The summed E-state index contributed by atoms with van der Waals surface area (Å²) in [6.45, 7) is 6.35. The fourth-order valence-corrected chi connectivity index (χ4v) is 3.03. The van der Waals surface area contributed by atoms with Crippen molar-refractivity contribution in [2.24, 2.45) is 0 Å². The van der Waals surface area contributed by atoms with E-state index in [1.807, 2.05) is 31.2 Å². The number of amides is 2. The second-order valence-electron chi connectivity index (χ2n) is 7.01. The Morgan fingerprint density at radius 3 is 2.59 bits per heavy atom. The second-order valence-corrected chi connectivity index (χ2v) is 7.01. The average Bonchev–Trinajstić information content (AvgIpc) is 2.67. The number of hydrogen-bond acceptors (Lipinski definition) is 4. The van der Waals surface area contributed by atoms with Crippen molar-refractivity contribution >= 4 is 12.0 Å². The number of benzene rings is 1. The van der Waals surface area contributed by atoms with Crippen LogP contribution < -0.4 is 10.1 Å². The van der Waals surface area contributed by atoms with Crippen molar-refractivity contribution in [3.63, 3.8) is 0 Å². The molecule has 1 aromatic rings. The van der Waals surface area contributed by atoms with Gasteiger partial charge in [0, 0.05) is 25.6 Å². The number of likely N-dealkylation sites (tertiary alicyclic amines) is 1. The van der Waals surface area contributed by atoms with E-state index in [1.54, 1.807) is 4.90 Å². The molecule has 0 saturated carbocycles. The molecular weight excluding hydrogens is 344 g/mol. The highest BCUT2D eigenvalue weighted by Gasteiger charge is 2.24. The third-order valence-electron chi connectivity index (χ3n) is 4.74. The molecule has 1 N–H and O–H groups in total. The van der Waals surface area contributed by atoms with Crippen molar-refractivity contribution in [1.82, 2.24) is 10.2 Å². The van der Waals surface area contributed by atoms with E-state index in [1.165, 1.54) is 0 Å². The molecule has 0 bridgehead atoms. The molecule has 150 valence electrons. The van der Waals surface area contributed by atoms with Crippen molar-refractivity contribution in [3.8, 4) is 5.75 Å². The quantitative estimate of drug-likeness (QED) is 0.668. The number of rotatable bonds is 9. The molecule has 6 heteroatoms. The third-order valence-corrected chi connectivity index (χ3v) is 4.74. The number of hydrogen-bond donors (Lipinski definition) is 1. The Bertz CT molecular complexity index is 598. The summed E-state index contributed by atoms with van der Waals surface area (Å²) in [5.74, 6) is 0.920. The van der Waals surface area contributed by atoms with Crippen molar-refractivity contribution in [2.75, 3.05) is 26.3 Å². The first-order chi connectivity index (χ1) is 13.1. The highest BCUT2D eigenvalue weighted by molar-refractivity contribution is 5.76. The Morgan fingerprint density at radius 2 is 1.89 bits per heavy atom. The molecule has 1 fully saturated rings. The lowest BCUT2D eigenvalue weighted by molar-refractivity contribution is -0.122. The van der Waals surface area contributed by atoms with E-state index in [2.05, 4.69) is 12.2 Å². The predicted octanol–water partition coefficient (Wildman–Crippen LogP) is 3.67. The van der Waals surface area contributed by atoms with Crippen molar-refractivity contribution in [3.05, 3.63) is 29.8 Å². The molecule has 2 amide bonds. The monoisotopic (exact) mass is 376 g/mol. The molecular formula is C21H32N2O4. The lowest BCUT2D eigenvalue weighted by atomic mass is 10.1. The van der Waals surface area contributed by atoms with Gasteiger partial charge in [-0.05, 0) is 44.2 Å². The lowest BCUT2D eigenvalue weighted by Gasteiger charge is -2.31. The van der Waals surface area contributed by atoms with E-state index >= 15 is 0 Å². The molecule has 1 heterocycles. The largest absolute Gasteiger partial charge is 0.493 e. The summed E-state index contributed by atoms with van der Waals surface area (Å²) in [6, 6.07) is 8.01. The summed E-state index contributed by atoms with van der Waals surface area (Å²) in [7, 11) is 0. The van der Waals surface area contributed by atoms with Crippen molar-refractivity contribution in [1.29, 1.82) is 0 Å². The Hall–Kier alpha value is -2.24. The van der Waals surface area contributed by atoms with Crippen LogP contribution in [0, 0.1) is 6.92 Å². The maximum Gasteiger partial charge on any atom is 0.409 e. The molecule has 1 aliphatic heterocycles. The zero-order chi connectivity index (χ0) is 19.5. The number of carbonyl (C=O) groups excluding carboxylic acids is 2. The smallest absolute Gasteiger partial charge is 0.409 e. The van der Waals surface area contributed by atoms with Crippen LogP contribution in [0.3, 0.4) is 0 Å². The number of ether oxygens (including phenoxy) is 2. The molecule has 0 spiro atoms. The van der Waals surface area contributed by atoms with Crippen LogP contribution in [-0.2, 0) is 9.53 Å². The first-order valence-corrected chi connectivity index (χ1v) is 9.99. The molecule has 0 radical (unpaired) electrons. The highest BCUT2D eigenvalue weighted by Crippen LogP contribution is 2.16. The van der Waals surface area contributed by atoms with E-state index < -0.39 is 0 Å². The van der Waals surface area contributed by atoms with Crippen LogP contribution in [-0.4, -0.2) is 49.2 Å². The summed E-state index contributed by atoms with van der Waals surface area (Å²) in [5, 5.41) is 3.07. The number of unbranched alkanes of at least 4 members (excludes halogenated alkanes) is 1. The molecule has 0 aromatic heterocycles. The molecule has 0 aliphatic carbocycles. The standard InChI is InChI=1S/C21H32N2O4/c1-3-4-15-27-21(25)23-13-11-18(12-14-23)22-20(24)10-7-16-26-19-9-6-5-8-17(19)2/h5-6,8-9,18H,3-4,7,10-16H2,1-2H3,(H,22,24). The molecule has 0 atom stereocenters. The van der Waals surface area contributed by atoms with Gasteiger partial charge in [0.05, 0.1) is 13.2 Å². The predicted molar refractivity (Wildman–Crippen MR) is 105 cm³/mol. The fraction of sp³-hybridized carbons (Fsp3) is 0.619. The maximum atomic E-state index is 12.1. The maximum absolute atomic E-state index is 12.1. The van der Waals surface area contributed by atoms with Gasteiger partial charge in [-0.3, -0.25) is 4.79 Å². The summed E-state index contributed by atoms with van der Waals surface area (Å²) >= 11 is 0. The number of para-hydroxylation sites is 1. The summed E-state index contributed by atoms with van der Waals surface area (Å²) in [4.78, 5) is 25.8. The van der Waals surface area contributed by atoms with Crippen LogP contribution >= 0.6 is 0 Å². The molecule has 1 aromatic carbocycles. The van der Waals surface area contributed by atoms with E-state index in [0.717, 1.165) is 37.0 Å². The summed E-state index contributed by atoms with van der Waals surface area (Å²) in [5.41, 5.74) is 1.10. The third kappa shape index (κ3) is 7.49. The minimum absolute atomic E-state index is 0.0485. The topological polar surface area (TPSA) is 67.9 Å². The van der Waals surface area contributed by atoms with Crippen molar-refractivity contribution in [2.45, 2.75) is 58.4 Å². The normalized spacial score (nSPS) is 14.7. The van der Waals surface area contributed by atoms with E-state index in [-0.39, 0.29) is 18.0 Å². The Balaban J connectivity index is 1.58. The van der Waals surface area contributed by atoms with Crippen LogP contribution in [0.25, 0.3) is 0 Å². The first kappa shape index (κ1) is 21.1. The number of aryl methyl sites for hydroxylation is 1. The number of nitrogens with zero attached hydrogens (tertiary/aromatic N) is 1. The minimum Gasteiger partial charge on any atom is -0.493 e. The molecule has 2 rings (SSSR count). The van der Waals surface area contributed by atoms with Crippen molar-refractivity contribution < 1.29 is 19.1 Å². The van der Waals surface area contributed by atoms with Gasteiger partial charge in [0.15, 0.2) is 0 Å². The summed E-state index contributed by atoms with van der Waals surface area (Å²) < 4.78 is 11.0. The minimum atomic E-state index is -0.235. The molecule has 1 saturated heterocycles. The van der Waals surface area contributed by atoms with Crippen LogP contribution in [0.1, 0.15) is 51.0 Å². The van der Waals surface area contributed by atoms with Gasteiger partial charge in [-0.2, -0.15) is 0 Å². The van der Waals surface area contributed by atoms with Gasteiger partial charge in [0.1, 0.15) is 5.75 Å². The number of nitrogens with one attached hydrogen (secondary N) is 1. The first-order valence-electron chi connectivity index (χ1n) is 9.99. The Morgan fingerprint density at radius 1 is 1.15 bits per heavy atom. The Kier molecular flexibility index (Phi) is 8.95. The van der Waals surface area contributed by atoms with Gasteiger partial charge < -0.3 is 19.7 Å². The van der Waals surface area contributed by atoms with E-state index in [4.69, 9.17) is 9.47 Å². The summed E-state index contributed by atoms with van der Waals surface area (Å²) in [6.07, 6.45) is 4.35. The molecule has 27 heavy (non-hydrogen) atoms. The second kappa shape index (κ2) is 11.5. The van der Waals surface area contributed by atoms with E-state index in [9.17, 15) is 9.59 Å². The number of carbonyl (C=O) groups is 2. The van der Waals surface area contributed by atoms with Crippen LogP contribution in [0.4, 0.5) is 4.79 Å². The van der Waals surface area contributed by atoms with Crippen LogP contribution in [0.15, 0.2) is 24.3 Å². The van der Waals surface area contributed by atoms with Gasteiger partial charge in [0.2, 0.25) is 5.91 Å². The number of piperidine rings is 1. The van der Waals surface area contributed by atoms with Gasteiger partial charge in [-0.15, -0.1) is 0 Å². The molecule has 1 aliphatic rings. The highest BCUT2D eigenvalue weighted by atomic mass is 16.6. The molecule has 0 unspecified atom stereocenters. The average molecular weight is 376 g/mol. The zero-order valence-corrected chi connectivity index (χ0v) is 16.5.